The molecule has 0 fully saturated rings. The van der Waals surface area contributed by atoms with E-state index in [-0.39, 0.29) is 18.2 Å². The van der Waals surface area contributed by atoms with Crippen molar-refractivity contribution in [3.05, 3.63) is 17.5 Å². The molecule has 1 unspecified atom stereocenters. The van der Waals surface area contributed by atoms with Gasteiger partial charge in [-0.25, -0.2) is 4.79 Å². The van der Waals surface area contributed by atoms with Gasteiger partial charge in [-0.15, -0.1) is 0 Å². The molecule has 0 amide bonds. The smallest absolute Gasteiger partial charge is 0.358 e. The number of aromatic nitrogens is 1. The zero-order valence-corrected chi connectivity index (χ0v) is 11.2. The number of rotatable bonds is 7. The second-order valence-electron chi connectivity index (χ2n) is 4.57. The molecule has 0 aliphatic carbocycles. The maximum absolute atomic E-state index is 11.6. The van der Waals surface area contributed by atoms with E-state index >= 15 is 0 Å². The molecular weight excluding hydrogens is 252 g/mol. The first-order valence-electron chi connectivity index (χ1n) is 5.94. The van der Waals surface area contributed by atoms with E-state index in [0.29, 0.717) is 18.1 Å². The van der Waals surface area contributed by atoms with Crippen LogP contribution in [-0.4, -0.2) is 35.4 Å². The van der Waals surface area contributed by atoms with E-state index in [1.165, 1.54) is 13.2 Å². The van der Waals surface area contributed by atoms with E-state index in [1.807, 2.05) is 13.8 Å². The van der Waals surface area contributed by atoms with Crippen molar-refractivity contribution in [3.63, 3.8) is 0 Å². The van der Waals surface area contributed by atoms with Crippen molar-refractivity contribution in [3.8, 4) is 0 Å². The summed E-state index contributed by atoms with van der Waals surface area (Å²) in [6.45, 7) is 4.20. The Morgan fingerprint density at radius 1 is 1.53 bits per heavy atom. The van der Waals surface area contributed by atoms with Gasteiger partial charge in [0, 0.05) is 6.07 Å². The monoisotopic (exact) mass is 270 g/mol. The quantitative estimate of drug-likeness (QED) is 0.714. The molecule has 7 heteroatoms. The minimum atomic E-state index is -1.15. The van der Waals surface area contributed by atoms with Crippen LogP contribution in [0.25, 0.3) is 0 Å². The van der Waals surface area contributed by atoms with E-state index in [4.69, 9.17) is 14.4 Å². The van der Waals surface area contributed by atoms with E-state index in [2.05, 4.69) is 10.5 Å². The first kappa shape index (κ1) is 15.2. The molecule has 19 heavy (non-hydrogen) atoms. The Balaban J connectivity index is 2.59. The minimum Gasteiger partial charge on any atom is -0.476 e. The van der Waals surface area contributed by atoms with Crippen LogP contribution in [0.2, 0.25) is 0 Å². The fourth-order valence-electron chi connectivity index (χ4n) is 1.60. The molecule has 1 aromatic rings. The number of ether oxygens (including phenoxy) is 1. The largest absolute Gasteiger partial charge is 0.476 e. The number of nitrogens with one attached hydrogen (secondary N) is 1. The van der Waals surface area contributed by atoms with Crippen molar-refractivity contribution >= 4 is 11.9 Å². The molecule has 2 N–H and O–H groups in total. The molecule has 0 saturated heterocycles. The third-order valence-corrected chi connectivity index (χ3v) is 2.49. The van der Waals surface area contributed by atoms with Gasteiger partial charge in [0.15, 0.2) is 11.5 Å². The van der Waals surface area contributed by atoms with Gasteiger partial charge in [-0.1, -0.05) is 19.0 Å². The first-order valence-corrected chi connectivity index (χ1v) is 5.94. The second-order valence-corrected chi connectivity index (χ2v) is 4.57. The first-order chi connectivity index (χ1) is 8.93. The number of carboxylic acid groups (broad SMARTS) is 1. The zero-order valence-electron chi connectivity index (χ0n) is 11.2. The van der Waals surface area contributed by atoms with E-state index in [9.17, 15) is 9.59 Å². The Hall–Kier alpha value is -1.89. The van der Waals surface area contributed by atoms with E-state index in [1.54, 1.807) is 0 Å². The summed E-state index contributed by atoms with van der Waals surface area (Å²) < 4.78 is 9.55. The van der Waals surface area contributed by atoms with Gasteiger partial charge in [0.2, 0.25) is 0 Å². The number of hydrogen-bond acceptors (Lipinski definition) is 6. The highest BCUT2D eigenvalue weighted by molar-refractivity contribution is 5.85. The third kappa shape index (κ3) is 4.70. The van der Waals surface area contributed by atoms with Gasteiger partial charge in [-0.2, -0.15) is 0 Å². The van der Waals surface area contributed by atoms with Gasteiger partial charge >= 0.3 is 11.9 Å². The van der Waals surface area contributed by atoms with Gasteiger partial charge < -0.3 is 14.4 Å². The molecule has 0 saturated carbocycles. The SMILES string of the molecule is COC(=O)C(CC(C)C)NCc1cc(C(=O)O)no1. The van der Waals surface area contributed by atoms with Crippen molar-refractivity contribution in [2.45, 2.75) is 32.9 Å². The summed E-state index contributed by atoms with van der Waals surface area (Å²) >= 11 is 0. The molecular formula is C12H18N2O5. The number of carboxylic acids is 1. The predicted octanol–water partition coefficient (Wildman–Crippen LogP) is 1.05. The van der Waals surface area contributed by atoms with Crippen LogP contribution < -0.4 is 5.32 Å². The summed E-state index contributed by atoms with van der Waals surface area (Å²) in [5.74, 6) is -0.829. The van der Waals surface area contributed by atoms with Crippen LogP contribution >= 0.6 is 0 Å². The molecule has 0 bridgehead atoms. The van der Waals surface area contributed by atoms with Crippen LogP contribution in [0.5, 0.6) is 0 Å². The summed E-state index contributed by atoms with van der Waals surface area (Å²) in [4.78, 5) is 22.2. The van der Waals surface area contributed by atoms with Gasteiger partial charge in [-0.05, 0) is 12.3 Å². The molecule has 1 heterocycles. The minimum absolute atomic E-state index is 0.157. The van der Waals surface area contributed by atoms with Crippen molar-refractivity contribution in [2.75, 3.05) is 7.11 Å². The summed E-state index contributed by atoms with van der Waals surface area (Å²) in [5, 5.41) is 15.1. The molecule has 0 radical (unpaired) electrons. The average Bonchev–Trinajstić information content (AvgIpc) is 2.82. The molecule has 0 spiro atoms. The lowest BCUT2D eigenvalue weighted by molar-refractivity contribution is -0.143. The Morgan fingerprint density at radius 3 is 2.68 bits per heavy atom. The van der Waals surface area contributed by atoms with Gasteiger partial charge in [0.1, 0.15) is 6.04 Å². The van der Waals surface area contributed by atoms with Crippen molar-refractivity contribution < 1.29 is 24.0 Å². The summed E-state index contributed by atoms with van der Waals surface area (Å²) in [6.07, 6.45) is 0.618. The molecule has 1 aromatic heterocycles. The van der Waals surface area contributed by atoms with Crippen LogP contribution in [-0.2, 0) is 16.1 Å². The normalized spacial score (nSPS) is 12.4. The topological polar surface area (TPSA) is 102 Å². The van der Waals surface area contributed by atoms with Crippen molar-refractivity contribution in [1.29, 1.82) is 0 Å². The number of methoxy groups -OCH3 is 1. The van der Waals surface area contributed by atoms with Crippen LogP contribution in [0, 0.1) is 5.92 Å². The number of carbonyl (C=O) groups is 2. The van der Waals surface area contributed by atoms with Gasteiger partial charge in [-0.3, -0.25) is 10.1 Å². The highest BCUT2D eigenvalue weighted by Crippen LogP contribution is 2.09. The molecule has 1 atom stereocenters. The van der Waals surface area contributed by atoms with E-state index < -0.39 is 12.0 Å². The number of carbonyl (C=O) groups excluding carboxylic acids is 1. The van der Waals surface area contributed by atoms with Gasteiger partial charge in [0.05, 0.1) is 13.7 Å². The van der Waals surface area contributed by atoms with Crippen LogP contribution in [0.4, 0.5) is 0 Å². The second kappa shape index (κ2) is 6.89. The maximum Gasteiger partial charge on any atom is 0.358 e. The molecule has 0 aliphatic rings. The Kier molecular flexibility index (Phi) is 5.50. The third-order valence-electron chi connectivity index (χ3n) is 2.49. The highest BCUT2D eigenvalue weighted by Gasteiger charge is 2.21. The van der Waals surface area contributed by atoms with E-state index in [0.717, 1.165) is 0 Å². The lowest BCUT2D eigenvalue weighted by Gasteiger charge is -2.17. The van der Waals surface area contributed by atoms with Crippen LogP contribution in [0.3, 0.4) is 0 Å². The number of nitrogens with zero attached hydrogens (tertiary/aromatic N) is 1. The van der Waals surface area contributed by atoms with Crippen molar-refractivity contribution in [1.82, 2.24) is 10.5 Å². The Labute approximate surface area is 110 Å². The Morgan fingerprint density at radius 2 is 2.21 bits per heavy atom. The number of aromatic carboxylic acids is 1. The molecule has 0 aliphatic heterocycles. The zero-order chi connectivity index (χ0) is 14.4. The fraction of sp³-hybridized carbons (Fsp3) is 0.583. The molecule has 106 valence electrons. The summed E-state index contributed by atoms with van der Waals surface area (Å²) in [7, 11) is 1.33. The highest BCUT2D eigenvalue weighted by atomic mass is 16.5. The molecule has 7 nitrogen and oxygen atoms in total. The summed E-state index contributed by atoms with van der Waals surface area (Å²) in [6, 6.07) is 0.863. The maximum atomic E-state index is 11.6. The van der Waals surface area contributed by atoms with Gasteiger partial charge in [0.25, 0.3) is 0 Å². The predicted molar refractivity (Wildman–Crippen MR) is 65.6 cm³/mol. The fourth-order valence-corrected chi connectivity index (χ4v) is 1.60. The molecule has 1 rings (SSSR count). The molecule has 0 aromatic carbocycles. The standard InChI is InChI=1S/C12H18N2O5/c1-7(2)4-10(12(17)18-3)13-6-8-5-9(11(15)16)14-19-8/h5,7,10,13H,4,6H2,1-3H3,(H,15,16). The lowest BCUT2D eigenvalue weighted by atomic mass is 10.0. The van der Waals surface area contributed by atoms with Crippen molar-refractivity contribution in [2.24, 2.45) is 5.92 Å². The average molecular weight is 270 g/mol. The Bertz CT molecular complexity index is 441. The van der Waals surface area contributed by atoms with Crippen LogP contribution in [0.1, 0.15) is 36.5 Å². The summed E-state index contributed by atoms with van der Waals surface area (Å²) in [5.41, 5.74) is -0.157. The van der Waals surface area contributed by atoms with Crippen LogP contribution in [0.15, 0.2) is 10.6 Å². The number of hydrogen-bond donors (Lipinski definition) is 2. The lowest BCUT2D eigenvalue weighted by Crippen LogP contribution is -2.38. The number of esters is 1.